The van der Waals surface area contributed by atoms with Gasteiger partial charge in [-0.05, 0) is 5.56 Å². The summed E-state index contributed by atoms with van der Waals surface area (Å²) >= 11 is 0. The summed E-state index contributed by atoms with van der Waals surface area (Å²) in [6, 6.07) is 9.87. The van der Waals surface area contributed by atoms with Crippen LogP contribution < -0.4 is 5.49 Å². The van der Waals surface area contributed by atoms with E-state index in [0.29, 0.717) is 12.1 Å². The zero-order chi connectivity index (χ0) is 13.1. The zero-order valence-electron chi connectivity index (χ0n) is 10.4. The van der Waals surface area contributed by atoms with Gasteiger partial charge < -0.3 is 14.4 Å². The Morgan fingerprint density at radius 3 is 2.95 bits per heavy atom. The van der Waals surface area contributed by atoms with Gasteiger partial charge in [0, 0.05) is 7.05 Å². The number of hydrogen-bond donors (Lipinski definition) is 1. The third kappa shape index (κ3) is 2.33. The van der Waals surface area contributed by atoms with Crippen molar-refractivity contribution in [1.29, 1.82) is 0 Å². The normalized spacial score (nSPS) is 11.9. The van der Waals surface area contributed by atoms with Gasteiger partial charge in [-0.15, -0.1) is 0 Å². The van der Waals surface area contributed by atoms with Crippen molar-refractivity contribution >= 4 is 11.2 Å². The Morgan fingerprint density at radius 2 is 2.11 bits per heavy atom. The molecule has 2 heterocycles. The number of fused-ring (bicyclic) bond motifs is 1. The summed E-state index contributed by atoms with van der Waals surface area (Å²) in [6.45, 7) is 0.416. The molecule has 3 aromatic rings. The van der Waals surface area contributed by atoms with Crippen LogP contribution in [0.3, 0.4) is 0 Å². The molecular weight excluding hydrogens is 242 g/mol. The Hall–Kier alpha value is -2.63. The van der Waals surface area contributed by atoms with E-state index < -0.39 is 0 Å². The molecule has 1 aromatic carbocycles. The summed E-state index contributed by atoms with van der Waals surface area (Å²) in [5.74, 6) is 0. The van der Waals surface area contributed by atoms with Crippen LogP contribution in [0, 0.1) is 0 Å². The summed E-state index contributed by atoms with van der Waals surface area (Å²) in [5.41, 5.74) is 3.12. The van der Waals surface area contributed by atoms with Crippen LogP contribution in [-0.2, 0) is 18.5 Å². The predicted molar refractivity (Wildman–Crippen MR) is 69.7 cm³/mol. The first-order valence-corrected chi connectivity index (χ1v) is 5.89. The van der Waals surface area contributed by atoms with Gasteiger partial charge in [0.25, 0.3) is 0 Å². The van der Waals surface area contributed by atoms with E-state index in [0.717, 1.165) is 16.7 Å². The standard InChI is InChI=1S/C13H13N5O/c1-18-9-16-12(11-13(18)15-8-14-11)17-19-7-10-5-3-2-4-6-10/h2-6,8-9H,7H2,1H3,(H,14,15). The van der Waals surface area contributed by atoms with E-state index in [1.54, 1.807) is 12.7 Å². The molecule has 0 bridgehead atoms. The largest absolute Gasteiger partial charge is 0.389 e. The van der Waals surface area contributed by atoms with E-state index in [2.05, 4.69) is 20.1 Å². The number of nitrogens with zero attached hydrogens (tertiary/aromatic N) is 4. The van der Waals surface area contributed by atoms with Gasteiger partial charge in [-0.25, -0.2) is 9.97 Å². The average Bonchev–Trinajstić information content (AvgIpc) is 2.93. The average molecular weight is 255 g/mol. The molecule has 0 atom stereocenters. The molecule has 3 rings (SSSR count). The minimum atomic E-state index is 0.416. The molecule has 6 nitrogen and oxygen atoms in total. The van der Waals surface area contributed by atoms with Crippen LogP contribution in [0.4, 0.5) is 0 Å². The monoisotopic (exact) mass is 255 g/mol. The van der Waals surface area contributed by atoms with Crippen LogP contribution >= 0.6 is 0 Å². The topological polar surface area (TPSA) is 68.1 Å². The van der Waals surface area contributed by atoms with E-state index in [9.17, 15) is 0 Å². The van der Waals surface area contributed by atoms with Crippen molar-refractivity contribution in [1.82, 2.24) is 19.5 Å². The maximum absolute atomic E-state index is 5.33. The van der Waals surface area contributed by atoms with Crippen LogP contribution in [0.25, 0.3) is 11.2 Å². The minimum Gasteiger partial charge on any atom is -0.389 e. The maximum Gasteiger partial charge on any atom is 0.220 e. The molecule has 0 spiro atoms. The smallest absolute Gasteiger partial charge is 0.220 e. The lowest BCUT2D eigenvalue weighted by Crippen LogP contribution is -2.13. The second kappa shape index (κ2) is 4.93. The molecule has 6 heteroatoms. The molecule has 0 saturated heterocycles. The fourth-order valence-electron chi connectivity index (χ4n) is 1.79. The predicted octanol–water partition coefficient (Wildman–Crippen LogP) is 1.33. The summed E-state index contributed by atoms with van der Waals surface area (Å²) in [7, 11) is 1.88. The highest BCUT2D eigenvalue weighted by Crippen LogP contribution is 2.02. The van der Waals surface area contributed by atoms with Gasteiger partial charge in [-0.2, -0.15) is 0 Å². The third-order valence-electron chi connectivity index (χ3n) is 2.76. The van der Waals surface area contributed by atoms with Gasteiger partial charge >= 0.3 is 0 Å². The fraction of sp³-hybridized carbons (Fsp3) is 0.154. The van der Waals surface area contributed by atoms with Crippen molar-refractivity contribution < 1.29 is 4.84 Å². The fourth-order valence-corrected chi connectivity index (χ4v) is 1.79. The summed E-state index contributed by atoms with van der Waals surface area (Å²) in [6.07, 6.45) is 3.27. The Labute approximate surface area is 109 Å². The number of rotatable bonds is 3. The number of aryl methyl sites for hydroxylation is 1. The van der Waals surface area contributed by atoms with Gasteiger partial charge in [-0.1, -0.05) is 35.5 Å². The zero-order valence-corrected chi connectivity index (χ0v) is 10.4. The second-order valence-electron chi connectivity index (χ2n) is 4.13. The Bertz CT molecular complexity index is 744. The van der Waals surface area contributed by atoms with Gasteiger partial charge in [0.2, 0.25) is 5.49 Å². The molecule has 2 aromatic heterocycles. The quantitative estimate of drug-likeness (QED) is 0.718. The highest BCUT2D eigenvalue weighted by molar-refractivity contribution is 5.68. The summed E-state index contributed by atoms with van der Waals surface area (Å²) in [4.78, 5) is 16.7. The Kier molecular flexibility index (Phi) is 2.97. The van der Waals surface area contributed by atoms with Crippen molar-refractivity contribution in [2.75, 3.05) is 0 Å². The molecule has 96 valence electrons. The van der Waals surface area contributed by atoms with E-state index >= 15 is 0 Å². The summed E-state index contributed by atoms with van der Waals surface area (Å²) < 4.78 is 1.82. The highest BCUT2D eigenvalue weighted by Gasteiger charge is 2.02. The first-order valence-electron chi connectivity index (χ1n) is 5.89. The molecule has 0 unspecified atom stereocenters. The molecular formula is C13H13N5O. The van der Waals surface area contributed by atoms with Gasteiger partial charge in [-0.3, -0.25) is 0 Å². The summed E-state index contributed by atoms with van der Waals surface area (Å²) in [5, 5.41) is 4.05. The number of hydrogen-bond acceptors (Lipinski definition) is 4. The molecule has 0 radical (unpaired) electrons. The van der Waals surface area contributed by atoms with Gasteiger partial charge in [0.05, 0.1) is 12.7 Å². The molecule has 1 N–H and O–H groups in total. The van der Waals surface area contributed by atoms with Crippen molar-refractivity contribution in [2.24, 2.45) is 12.2 Å². The molecule has 19 heavy (non-hydrogen) atoms. The first kappa shape index (κ1) is 11.5. The van der Waals surface area contributed by atoms with Crippen LogP contribution in [0.5, 0.6) is 0 Å². The lowest BCUT2D eigenvalue weighted by Gasteiger charge is -2.00. The van der Waals surface area contributed by atoms with E-state index in [1.807, 2.05) is 41.9 Å². The molecule has 0 saturated carbocycles. The Balaban J connectivity index is 1.86. The van der Waals surface area contributed by atoms with Crippen LogP contribution in [0.1, 0.15) is 5.56 Å². The number of aromatic amines is 1. The molecule has 0 aliphatic carbocycles. The van der Waals surface area contributed by atoms with Crippen molar-refractivity contribution in [2.45, 2.75) is 6.61 Å². The third-order valence-corrected chi connectivity index (χ3v) is 2.76. The first-order chi connectivity index (χ1) is 9.34. The number of H-pyrrole nitrogens is 1. The molecule has 0 amide bonds. The van der Waals surface area contributed by atoms with Gasteiger partial charge in [0.1, 0.15) is 12.1 Å². The van der Waals surface area contributed by atoms with Gasteiger partial charge in [0.15, 0.2) is 5.65 Å². The lowest BCUT2D eigenvalue weighted by molar-refractivity contribution is 0.119. The van der Waals surface area contributed by atoms with E-state index in [4.69, 9.17) is 4.84 Å². The number of imidazole rings is 1. The van der Waals surface area contributed by atoms with Crippen molar-refractivity contribution in [3.05, 3.63) is 54.0 Å². The number of aromatic nitrogens is 4. The Morgan fingerprint density at radius 1 is 1.26 bits per heavy atom. The lowest BCUT2D eigenvalue weighted by atomic mass is 10.2. The minimum absolute atomic E-state index is 0.416. The highest BCUT2D eigenvalue weighted by atomic mass is 16.6. The molecule has 0 fully saturated rings. The second-order valence-corrected chi connectivity index (χ2v) is 4.13. The van der Waals surface area contributed by atoms with Crippen molar-refractivity contribution in [3.8, 4) is 0 Å². The van der Waals surface area contributed by atoms with Crippen LogP contribution in [-0.4, -0.2) is 19.5 Å². The van der Waals surface area contributed by atoms with E-state index in [1.165, 1.54) is 0 Å². The SMILES string of the molecule is Cn1cnc(=NOCc2ccccc2)c2[nH]cnc21. The van der Waals surface area contributed by atoms with Crippen molar-refractivity contribution in [3.63, 3.8) is 0 Å². The maximum atomic E-state index is 5.33. The number of nitrogens with one attached hydrogen (secondary N) is 1. The number of benzene rings is 1. The van der Waals surface area contributed by atoms with Crippen LogP contribution in [0.2, 0.25) is 0 Å². The van der Waals surface area contributed by atoms with Crippen LogP contribution in [0.15, 0.2) is 48.1 Å². The molecule has 0 aliphatic heterocycles. The molecule has 0 aliphatic rings. The van der Waals surface area contributed by atoms with E-state index in [-0.39, 0.29) is 0 Å².